The van der Waals surface area contributed by atoms with Crippen LogP contribution < -0.4 is 21.0 Å². The number of fused-ring (bicyclic) bond motifs is 2. The summed E-state index contributed by atoms with van der Waals surface area (Å²) in [6.45, 7) is -0.598. The van der Waals surface area contributed by atoms with Crippen LogP contribution in [0.25, 0.3) is 21.9 Å². The molecule has 0 saturated carbocycles. The van der Waals surface area contributed by atoms with E-state index in [0.717, 1.165) is 10.9 Å². The number of hydrogen-bond donors (Lipinski definition) is 4. The maximum atomic E-state index is 12.6. The fourth-order valence-electron chi connectivity index (χ4n) is 3.34. The smallest absolute Gasteiger partial charge is 0.336 e. The number of aliphatic hydroxyl groups is 1. The summed E-state index contributed by atoms with van der Waals surface area (Å²) in [4.78, 5) is 37.0. The first kappa shape index (κ1) is 21.1. The average molecular weight is 436 g/mol. The highest BCUT2D eigenvalue weighted by Crippen LogP contribution is 2.23. The molecule has 2 aromatic heterocycles. The van der Waals surface area contributed by atoms with E-state index in [4.69, 9.17) is 9.15 Å². The third kappa shape index (κ3) is 4.44. The zero-order valence-electron chi connectivity index (χ0n) is 17.0. The van der Waals surface area contributed by atoms with Crippen LogP contribution in [0.15, 0.2) is 57.9 Å². The highest BCUT2D eigenvalue weighted by molar-refractivity contribution is 5.99. The lowest BCUT2D eigenvalue weighted by Gasteiger charge is -2.16. The first-order chi connectivity index (χ1) is 15.5. The van der Waals surface area contributed by atoms with Gasteiger partial charge in [-0.05, 0) is 35.9 Å². The van der Waals surface area contributed by atoms with Crippen LogP contribution in [-0.2, 0) is 16.0 Å². The third-order valence-electron chi connectivity index (χ3n) is 4.93. The summed E-state index contributed by atoms with van der Waals surface area (Å²) in [5.74, 6) is -0.611. The molecule has 0 fully saturated rings. The number of aromatic nitrogens is 2. The Hall–Kier alpha value is -4.18. The third-order valence-corrected chi connectivity index (χ3v) is 4.93. The molecular formula is C22H20N4O6. The van der Waals surface area contributed by atoms with Gasteiger partial charge in [0.05, 0.1) is 31.9 Å². The zero-order chi connectivity index (χ0) is 22.7. The van der Waals surface area contributed by atoms with Gasteiger partial charge in [0.25, 0.3) is 0 Å². The number of rotatable bonds is 7. The highest BCUT2D eigenvalue weighted by atomic mass is 16.5. The number of H-pyrrole nitrogens is 1. The largest absolute Gasteiger partial charge is 0.497 e. The molecule has 4 N–H and O–H groups in total. The SMILES string of the molecule is COc1ccc2c(CC(=O)N[C@@H](CO)C(=O)Nc3ccc4cn[nH]c4c3)cc(=O)oc2c1. The number of carbonyl (C=O) groups is 2. The van der Waals surface area contributed by atoms with Gasteiger partial charge in [-0.25, -0.2) is 4.79 Å². The summed E-state index contributed by atoms with van der Waals surface area (Å²) >= 11 is 0. The molecule has 164 valence electrons. The van der Waals surface area contributed by atoms with E-state index < -0.39 is 30.1 Å². The lowest BCUT2D eigenvalue weighted by molar-refractivity contribution is -0.126. The van der Waals surface area contributed by atoms with Crippen molar-refractivity contribution in [1.29, 1.82) is 0 Å². The molecule has 1 atom stereocenters. The van der Waals surface area contributed by atoms with E-state index in [9.17, 15) is 19.5 Å². The Kier molecular flexibility index (Phi) is 5.86. The first-order valence-corrected chi connectivity index (χ1v) is 9.72. The number of aromatic amines is 1. The topological polar surface area (TPSA) is 147 Å². The predicted molar refractivity (Wildman–Crippen MR) is 116 cm³/mol. The number of nitrogens with one attached hydrogen (secondary N) is 3. The van der Waals surface area contributed by atoms with Gasteiger partial charge in [-0.1, -0.05) is 0 Å². The van der Waals surface area contributed by atoms with Gasteiger partial charge in [0.2, 0.25) is 11.8 Å². The number of ether oxygens (including phenoxy) is 1. The van der Waals surface area contributed by atoms with Crippen LogP contribution in [0.5, 0.6) is 5.75 Å². The molecule has 2 heterocycles. The van der Waals surface area contributed by atoms with Crippen molar-refractivity contribution in [3.63, 3.8) is 0 Å². The molecule has 10 heteroatoms. The molecule has 0 spiro atoms. The van der Waals surface area contributed by atoms with E-state index in [-0.39, 0.29) is 12.0 Å². The lowest BCUT2D eigenvalue weighted by atomic mass is 10.1. The summed E-state index contributed by atoms with van der Waals surface area (Å²) in [6, 6.07) is 10.1. The monoisotopic (exact) mass is 436 g/mol. The summed E-state index contributed by atoms with van der Waals surface area (Å²) < 4.78 is 10.3. The van der Waals surface area contributed by atoms with Crippen molar-refractivity contribution in [2.45, 2.75) is 12.5 Å². The summed E-state index contributed by atoms with van der Waals surface area (Å²) in [6.07, 6.45) is 1.47. The van der Waals surface area contributed by atoms with Gasteiger partial charge >= 0.3 is 5.63 Å². The molecule has 32 heavy (non-hydrogen) atoms. The molecule has 4 aromatic rings. The first-order valence-electron chi connectivity index (χ1n) is 9.72. The van der Waals surface area contributed by atoms with E-state index in [1.54, 1.807) is 42.6 Å². The van der Waals surface area contributed by atoms with Gasteiger partial charge in [-0.3, -0.25) is 14.7 Å². The molecule has 0 saturated heterocycles. The Labute approximate surface area is 181 Å². The van der Waals surface area contributed by atoms with E-state index >= 15 is 0 Å². The molecule has 0 radical (unpaired) electrons. The second kappa shape index (κ2) is 8.90. The van der Waals surface area contributed by atoms with E-state index in [1.165, 1.54) is 13.2 Å². The second-order valence-corrected chi connectivity index (χ2v) is 7.09. The van der Waals surface area contributed by atoms with Crippen LogP contribution in [-0.4, -0.2) is 46.9 Å². The number of aliphatic hydroxyl groups excluding tert-OH is 1. The minimum Gasteiger partial charge on any atom is -0.497 e. The van der Waals surface area contributed by atoms with Gasteiger partial charge in [-0.2, -0.15) is 5.10 Å². The summed E-state index contributed by atoms with van der Waals surface area (Å²) in [5, 5.41) is 23.0. The van der Waals surface area contributed by atoms with Crippen molar-refractivity contribution in [3.8, 4) is 5.75 Å². The highest BCUT2D eigenvalue weighted by Gasteiger charge is 2.21. The van der Waals surface area contributed by atoms with E-state index in [1.807, 2.05) is 0 Å². The standard InChI is InChI=1S/C22H20N4O6/c1-31-15-4-5-16-13(7-21(29)32-19(16)9-15)6-20(28)25-18(11-27)22(30)24-14-3-2-12-10-23-26-17(12)8-14/h2-5,7-10,18,27H,6,11H2,1H3,(H,23,26)(H,24,30)(H,25,28)/t18-/m0/s1. The second-order valence-electron chi connectivity index (χ2n) is 7.09. The fraction of sp³-hybridized carbons (Fsp3) is 0.182. The molecule has 0 aliphatic heterocycles. The number of anilines is 1. The number of amides is 2. The van der Waals surface area contributed by atoms with Crippen LogP contribution in [0.3, 0.4) is 0 Å². The number of carbonyl (C=O) groups excluding carboxylic acids is 2. The van der Waals surface area contributed by atoms with Gasteiger partial charge in [0.1, 0.15) is 17.4 Å². The molecule has 10 nitrogen and oxygen atoms in total. The Bertz CT molecular complexity index is 1360. The summed E-state index contributed by atoms with van der Waals surface area (Å²) in [5.41, 5.74) is 1.32. The maximum absolute atomic E-state index is 12.6. The Balaban J connectivity index is 1.47. The molecule has 4 rings (SSSR count). The van der Waals surface area contributed by atoms with Gasteiger partial charge in [-0.15, -0.1) is 0 Å². The number of nitrogens with zero attached hydrogens (tertiary/aromatic N) is 1. The minimum atomic E-state index is -1.17. The number of hydrogen-bond acceptors (Lipinski definition) is 7. The molecule has 2 amide bonds. The molecule has 0 aliphatic rings. The predicted octanol–water partition coefficient (Wildman–Crippen LogP) is 1.34. The molecule has 0 bridgehead atoms. The zero-order valence-corrected chi connectivity index (χ0v) is 17.0. The molecular weight excluding hydrogens is 416 g/mol. The lowest BCUT2D eigenvalue weighted by Crippen LogP contribution is -2.46. The van der Waals surface area contributed by atoms with Crippen molar-refractivity contribution in [2.75, 3.05) is 19.0 Å². The van der Waals surface area contributed by atoms with Crippen molar-refractivity contribution in [1.82, 2.24) is 15.5 Å². The normalized spacial score (nSPS) is 11.9. The minimum absolute atomic E-state index is 0.182. The fourth-order valence-corrected chi connectivity index (χ4v) is 3.34. The van der Waals surface area contributed by atoms with Crippen molar-refractivity contribution in [3.05, 3.63) is 64.6 Å². The number of benzene rings is 2. The van der Waals surface area contributed by atoms with Gasteiger partial charge in [0, 0.05) is 28.6 Å². The Morgan fingerprint density at radius 1 is 1.22 bits per heavy atom. The van der Waals surface area contributed by atoms with Crippen molar-refractivity contribution in [2.24, 2.45) is 0 Å². The summed E-state index contributed by atoms with van der Waals surface area (Å²) in [7, 11) is 1.49. The Morgan fingerprint density at radius 2 is 2.06 bits per heavy atom. The van der Waals surface area contributed by atoms with Gasteiger partial charge in [0.15, 0.2) is 0 Å². The maximum Gasteiger partial charge on any atom is 0.336 e. The van der Waals surface area contributed by atoms with Crippen LogP contribution in [0.1, 0.15) is 5.56 Å². The van der Waals surface area contributed by atoms with Crippen LogP contribution in [0.2, 0.25) is 0 Å². The van der Waals surface area contributed by atoms with Crippen molar-refractivity contribution < 1.29 is 23.8 Å². The molecule has 0 aliphatic carbocycles. The van der Waals surface area contributed by atoms with Gasteiger partial charge < -0.3 is 24.9 Å². The number of methoxy groups -OCH3 is 1. The molecule has 0 unspecified atom stereocenters. The average Bonchev–Trinajstić information content (AvgIpc) is 3.24. The van der Waals surface area contributed by atoms with Crippen molar-refractivity contribution >= 4 is 39.4 Å². The molecule has 2 aromatic carbocycles. The van der Waals surface area contributed by atoms with E-state index in [0.29, 0.717) is 22.4 Å². The van der Waals surface area contributed by atoms with Crippen LogP contribution in [0, 0.1) is 0 Å². The van der Waals surface area contributed by atoms with Crippen LogP contribution >= 0.6 is 0 Å². The van der Waals surface area contributed by atoms with Crippen LogP contribution in [0.4, 0.5) is 5.69 Å². The Morgan fingerprint density at radius 3 is 2.84 bits per heavy atom. The van der Waals surface area contributed by atoms with E-state index in [2.05, 4.69) is 20.8 Å². The quantitative estimate of drug-likeness (QED) is 0.320.